The predicted octanol–water partition coefficient (Wildman–Crippen LogP) is 5.94. The summed E-state index contributed by atoms with van der Waals surface area (Å²) in [6, 6.07) is 22.1. The average Bonchev–Trinajstić information content (AvgIpc) is 3.12. The second-order valence-electron chi connectivity index (χ2n) is 5.78. The Morgan fingerprint density at radius 2 is 1.70 bits per heavy atom. The Morgan fingerprint density at radius 3 is 2.41 bits per heavy atom. The van der Waals surface area contributed by atoms with Crippen molar-refractivity contribution in [3.63, 3.8) is 0 Å². The second kappa shape index (κ2) is 7.39. The summed E-state index contributed by atoms with van der Waals surface area (Å²) in [6.07, 6.45) is 0. The fourth-order valence-electron chi connectivity index (χ4n) is 2.76. The highest BCUT2D eigenvalue weighted by molar-refractivity contribution is 7.22. The van der Waals surface area contributed by atoms with Gasteiger partial charge in [0.1, 0.15) is 5.75 Å². The number of rotatable bonds is 4. The second-order valence-corrected chi connectivity index (χ2v) is 7.20. The van der Waals surface area contributed by atoms with E-state index in [2.05, 4.69) is 4.98 Å². The lowest BCUT2D eigenvalue weighted by molar-refractivity contribution is 0.0999. The number of nitrogens with zero attached hydrogens (tertiary/aromatic N) is 2. The molecule has 1 aromatic heterocycles. The van der Waals surface area contributed by atoms with E-state index in [9.17, 15) is 4.79 Å². The highest BCUT2D eigenvalue weighted by Gasteiger charge is 2.24. The fraction of sp³-hybridized carbons (Fsp3) is 0.0476. The Morgan fingerprint density at radius 1 is 1.00 bits per heavy atom. The van der Waals surface area contributed by atoms with Crippen LogP contribution >= 0.6 is 22.9 Å². The van der Waals surface area contributed by atoms with Gasteiger partial charge in [0.25, 0.3) is 5.91 Å². The van der Waals surface area contributed by atoms with Crippen LogP contribution in [0.4, 0.5) is 10.8 Å². The lowest BCUT2D eigenvalue weighted by atomic mass is 10.2. The number of methoxy groups -OCH3 is 1. The van der Waals surface area contributed by atoms with Crippen molar-refractivity contribution in [1.29, 1.82) is 0 Å². The molecule has 0 atom stereocenters. The van der Waals surface area contributed by atoms with E-state index < -0.39 is 0 Å². The molecule has 4 nitrogen and oxygen atoms in total. The third-order valence-electron chi connectivity index (χ3n) is 4.11. The molecule has 4 aromatic rings. The molecule has 0 aliphatic rings. The van der Waals surface area contributed by atoms with Gasteiger partial charge in [-0.1, -0.05) is 47.2 Å². The third kappa shape index (κ3) is 3.39. The van der Waals surface area contributed by atoms with Crippen LogP contribution in [0, 0.1) is 0 Å². The smallest absolute Gasteiger partial charge is 0.266 e. The number of carbonyl (C=O) groups is 1. The first-order valence-electron chi connectivity index (χ1n) is 8.26. The Balaban J connectivity index is 1.86. The predicted molar refractivity (Wildman–Crippen MR) is 111 cm³/mol. The lowest BCUT2D eigenvalue weighted by Gasteiger charge is -2.21. The van der Waals surface area contributed by atoms with Crippen molar-refractivity contribution in [2.24, 2.45) is 0 Å². The molecule has 0 fully saturated rings. The highest BCUT2D eigenvalue weighted by Crippen LogP contribution is 2.36. The summed E-state index contributed by atoms with van der Waals surface area (Å²) in [5.41, 5.74) is 1.97. The molecule has 0 saturated carbocycles. The first-order valence-corrected chi connectivity index (χ1v) is 9.45. The summed E-state index contributed by atoms with van der Waals surface area (Å²) in [5, 5.41) is 0.994. The minimum atomic E-state index is -0.232. The maximum absolute atomic E-state index is 13.4. The van der Waals surface area contributed by atoms with Crippen LogP contribution in [0.2, 0.25) is 5.02 Å². The topological polar surface area (TPSA) is 42.4 Å². The number of benzene rings is 3. The van der Waals surface area contributed by atoms with Crippen LogP contribution in [0.1, 0.15) is 10.4 Å². The number of para-hydroxylation sites is 1. The molecule has 0 spiro atoms. The molecule has 0 radical (unpaired) electrons. The normalized spacial score (nSPS) is 10.7. The molecule has 1 amide bonds. The highest BCUT2D eigenvalue weighted by atomic mass is 35.5. The van der Waals surface area contributed by atoms with Gasteiger partial charge in [0.2, 0.25) is 0 Å². The molecule has 3 aromatic carbocycles. The number of amides is 1. The molecule has 0 aliphatic heterocycles. The molecule has 0 saturated heterocycles. The summed E-state index contributed by atoms with van der Waals surface area (Å²) in [6.45, 7) is 0. The van der Waals surface area contributed by atoms with Gasteiger partial charge in [-0.15, -0.1) is 0 Å². The number of hydrogen-bond acceptors (Lipinski definition) is 4. The van der Waals surface area contributed by atoms with Gasteiger partial charge in [-0.25, -0.2) is 4.98 Å². The molecule has 0 aliphatic carbocycles. The molecule has 0 bridgehead atoms. The number of carbonyl (C=O) groups excluding carboxylic acids is 1. The van der Waals surface area contributed by atoms with Crippen LogP contribution in [0.3, 0.4) is 0 Å². The molecule has 134 valence electrons. The van der Waals surface area contributed by atoms with Gasteiger partial charge < -0.3 is 4.74 Å². The van der Waals surface area contributed by atoms with Gasteiger partial charge in [0.05, 0.1) is 33.6 Å². The minimum absolute atomic E-state index is 0.232. The summed E-state index contributed by atoms with van der Waals surface area (Å²) < 4.78 is 6.24. The van der Waals surface area contributed by atoms with Gasteiger partial charge in [0, 0.05) is 0 Å². The van der Waals surface area contributed by atoms with E-state index in [0.717, 1.165) is 10.2 Å². The van der Waals surface area contributed by atoms with Crippen LogP contribution in [0.25, 0.3) is 10.2 Å². The van der Waals surface area contributed by atoms with Crippen LogP contribution in [0.15, 0.2) is 72.8 Å². The molecule has 0 unspecified atom stereocenters. The molecule has 6 heteroatoms. The van der Waals surface area contributed by atoms with Crippen LogP contribution < -0.4 is 9.64 Å². The number of thiazole rings is 1. The Hall–Kier alpha value is -2.89. The Kier molecular flexibility index (Phi) is 4.79. The van der Waals surface area contributed by atoms with Crippen molar-refractivity contribution in [2.75, 3.05) is 12.0 Å². The van der Waals surface area contributed by atoms with Gasteiger partial charge in [-0.3, -0.25) is 9.69 Å². The zero-order valence-corrected chi connectivity index (χ0v) is 16.0. The number of fused-ring (bicyclic) bond motifs is 1. The standard InChI is InChI=1S/C21H15ClN2O2S/c1-26-15-12-10-14(11-13-15)24(20(25)16-6-2-3-7-17(16)22)21-23-18-8-4-5-9-19(18)27-21/h2-13H,1H3. The number of halogens is 1. The molecular weight excluding hydrogens is 380 g/mol. The largest absolute Gasteiger partial charge is 0.497 e. The quantitative estimate of drug-likeness (QED) is 0.430. The van der Waals surface area contributed by atoms with Crippen molar-refractivity contribution < 1.29 is 9.53 Å². The first-order chi connectivity index (χ1) is 13.2. The molecule has 4 rings (SSSR count). The van der Waals surface area contributed by atoms with Crippen molar-refractivity contribution in [3.05, 3.63) is 83.4 Å². The number of ether oxygens (including phenoxy) is 1. The third-order valence-corrected chi connectivity index (χ3v) is 5.46. The van der Waals surface area contributed by atoms with E-state index in [1.165, 1.54) is 11.3 Å². The Labute approximate surface area is 165 Å². The number of aromatic nitrogens is 1. The van der Waals surface area contributed by atoms with Crippen LogP contribution in [0.5, 0.6) is 5.75 Å². The van der Waals surface area contributed by atoms with Crippen LogP contribution in [-0.2, 0) is 0 Å². The fourth-order valence-corrected chi connectivity index (χ4v) is 3.96. The molecule has 0 N–H and O–H groups in total. The molecule has 1 heterocycles. The lowest BCUT2D eigenvalue weighted by Crippen LogP contribution is -2.26. The van der Waals surface area contributed by atoms with Gasteiger partial charge in [-0.05, 0) is 48.5 Å². The van der Waals surface area contributed by atoms with Gasteiger partial charge in [-0.2, -0.15) is 0 Å². The number of hydrogen-bond donors (Lipinski definition) is 0. The van der Waals surface area contributed by atoms with Crippen molar-refractivity contribution in [2.45, 2.75) is 0 Å². The van der Waals surface area contributed by atoms with E-state index in [4.69, 9.17) is 16.3 Å². The average molecular weight is 395 g/mol. The van der Waals surface area contributed by atoms with E-state index in [1.54, 1.807) is 36.3 Å². The van der Waals surface area contributed by atoms with E-state index >= 15 is 0 Å². The zero-order valence-electron chi connectivity index (χ0n) is 14.4. The summed E-state index contributed by atoms with van der Waals surface area (Å²) in [7, 11) is 1.61. The Bertz CT molecular complexity index is 1080. The number of anilines is 2. The first kappa shape index (κ1) is 17.5. The van der Waals surface area contributed by atoms with Crippen molar-refractivity contribution in [3.8, 4) is 5.75 Å². The maximum Gasteiger partial charge on any atom is 0.266 e. The van der Waals surface area contributed by atoms with Gasteiger partial charge in [0.15, 0.2) is 5.13 Å². The molecule has 27 heavy (non-hydrogen) atoms. The van der Waals surface area contributed by atoms with Crippen molar-refractivity contribution in [1.82, 2.24) is 4.98 Å². The van der Waals surface area contributed by atoms with E-state index in [1.807, 2.05) is 48.5 Å². The summed E-state index contributed by atoms with van der Waals surface area (Å²) in [5.74, 6) is 0.484. The summed E-state index contributed by atoms with van der Waals surface area (Å²) >= 11 is 7.74. The minimum Gasteiger partial charge on any atom is -0.497 e. The van der Waals surface area contributed by atoms with Gasteiger partial charge >= 0.3 is 0 Å². The van der Waals surface area contributed by atoms with E-state index in [-0.39, 0.29) is 5.91 Å². The monoisotopic (exact) mass is 394 g/mol. The zero-order chi connectivity index (χ0) is 18.8. The summed E-state index contributed by atoms with van der Waals surface area (Å²) in [4.78, 5) is 19.6. The van der Waals surface area contributed by atoms with E-state index in [0.29, 0.717) is 27.2 Å². The molecular formula is C21H15ClN2O2S. The maximum atomic E-state index is 13.4. The SMILES string of the molecule is COc1ccc(N(C(=O)c2ccccc2Cl)c2nc3ccccc3s2)cc1. The van der Waals surface area contributed by atoms with Crippen LogP contribution in [-0.4, -0.2) is 18.0 Å². The van der Waals surface area contributed by atoms with Crippen molar-refractivity contribution >= 4 is 49.9 Å².